The van der Waals surface area contributed by atoms with Gasteiger partial charge in [-0.25, -0.2) is 4.39 Å². The summed E-state index contributed by atoms with van der Waals surface area (Å²) in [5.74, 6) is -0.555. The highest BCUT2D eigenvalue weighted by atomic mass is 35.5. The second-order valence-electron chi connectivity index (χ2n) is 6.31. The smallest absolute Gasteiger partial charge is 0.228 e. The Balaban J connectivity index is 1.61. The largest absolute Gasteiger partial charge is 0.326 e. The monoisotopic (exact) mass is 380 g/mol. The van der Waals surface area contributed by atoms with Crippen molar-refractivity contribution in [3.8, 4) is 0 Å². The second-order valence-corrected chi connectivity index (χ2v) is 7.15. The molecule has 1 fully saturated rings. The van der Waals surface area contributed by atoms with Gasteiger partial charge in [-0.1, -0.05) is 35.3 Å². The van der Waals surface area contributed by atoms with E-state index in [1.165, 1.54) is 12.1 Å². The summed E-state index contributed by atoms with van der Waals surface area (Å²) in [6, 6.07) is 11.4. The Labute approximate surface area is 156 Å². The van der Waals surface area contributed by atoms with E-state index in [1.54, 1.807) is 18.2 Å². The molecule has 25 heavy (non-hydrogen) atoms. The average Bonchev–Trinajstić information content (AvgIpc) is 2.58. The van der Waals surface area contributed by atoms with Crippen molar-refractivity contribution < 1.29 is 9.18 Å². The number of nitrogens with zero attached hydrogens (tertiary/aromatic N) is 1. The van der Waals surface area contributed by atoms with Crippen LogP contribution in [0.3, 0.4) is 0 Å². The Morgan fingerprint density at radius 1 is 1.24 bits per heavy atom. The number of halogens is 3. The van der Waals surface area contributed by atoms with Crippen molar-refractivity contribution in [3.05, 3.63) is 63.9 Å². The van der Waals surface area contributed by atoms with Crippen molar-refractivity contribution in [2.24, 2.45) is 5.92 Å². The van der Waals surface area contributed by atoms with E-state index in [1.807, 2.05) is 12.1 Å². The van der Waals surface area contributed by atoms with E-state index >= 15 is 0 Å². The van der Waals surface area contributed by atoms with Crippen LogP contribution in [0, 0.1) is 11.7 Å². The Kier molecular flexibility index (Phi) is 5.94. The number of likely N-dealkylation sites (tertiary alicyclic amines) is 1. The molecule has 0 saturated carbocycles. The summed E-state index contributed by atoms with van der Waals surface area (Å²) in [6.45, 7) is 2.25. The Bertz CT molecular complexity index is 769. The first-order chi connectivity index (χ1) is 12.0. The molecular weight excluding hydrogens is 362 g/mol. The van der Waals surface area contributed by atoms with Crippen molar-refractivity contribution in [1.29, 1.82) is 0 Å². The first-order valence-electron chi connectivity index (χ1n) is 8.24. The molecule has 0 radical (unpaired) electrons. The topological polar surface area (TPSA) is 32.3 Å². The first-order valence-corrected chi connectivity index (χ1v) is 8.99. The first kappa shape index (κ1) is 18.2. The number of carbonyl (C=O) groups is 1. The van der Waals surface area contributed by atoms with Crippen molar-refractivity contribution in [2.45, 2.75) is 19.4 Å². The van der Waals surface area contributed by atoms with Crippen LogP contribution in [0.25, 0.3) is 0 Å². The van der Waals surface area contributed by atoms with Gasteiger partial charge in [0.15, 0.2) is 0 Å². The molecule has 2 aromatic carbocycles. The number of anilines is 1. The van der Waals surface area contributed by atoms with Gasteiger partial charge in [0.2, 0.25) is 5.91 Å². The van der Waals surface area contributed by atoms with Crippen molar-refractivity contribution >= 4 is 34.8 Å². The zero-order chi connectivity index (χ0) is 17.8. The lowest BCUT2D eigenvalue weighted by molar-refractivity contribution is -0.121. The third-order valence-electron chi connectivity index (χ3n) is 4.38. The van der Waals surface area contributed by atoms with Crippen LogP contribution in [0.4, 0.5) is 10.1 Å². The number of hydrogen-bond acceptors (Lipinski definition) is 2. The summed E-state index contributed by atoms with van der Waals surface area (Å²) in [7, 11) is 0. The molecule has 1 aliphatic rings. The third-order valence-corrected chi connectivity index (χ3v) is 4.96. The van der Waals surface area contributed by atoms with Gasteiger partial charge in [-0.3, -0.25) is 9.69 Å². The molecule has 1 saturated heterocycles. The predicted molar refractivity (Wildman–Crippen MR) is 99.5 cm³/mol. The Hall–Kier alpha value is -1.62. The SMILES string of the molecule is O=C(Nc1cccc(F)c1)C1CCCN(Cc2ccc(Cl)cc2Cl)C1. The highest BCUT2D eigenvalue weighted by molar-refractivity contribution is 6.35. The molecule has 2 aromatic rings. The van der Waals surface area contributed by atoms with Crippen LogP contribution in [-0.4, -0.2) is 23.9 Å². The van der Waals surface area contributed by atoms with Gasteiger partial charge < -0.3 is 5.32 Å². The lowest BCUT2D eigenvalue weighted by Gasteiger charge is -2.32. The molecule has 0 aromatic heterocycles. The fraction of sp³-hybridized carbons (Fsp3) is 0.316. The van der Waals surface area contributed by atoms with Crippen LogP contribution < -0.4 is 5.32 Å². The molecule has 0 spiro atoms. The molecule has 0 aliphatic carbocycles. The molecular formula is C19H19Cl2FN2O. The number of amides is 1. The fourth-order valence-corrected chi connectivity index (χ4v) is 3.58. The number of piperidine rings is 1. The normalized spacial score (nSPS) is 18.1. The number of benzene rings is 2. The molecule has 0 bridgehead atoms. The van der Waals surface area contributed by atoms with Crippen molar-refractivity contribution in [1.82, 2.24) is 4.90 Å². The summed E-state index contributed by atoms with van der Waals surface area (Å²) in [4.78, 5) is 14.7. The number of carbonyl (C=O) groups excluding carboxylic acids is 1. The van der Waals surface area contributed by atoms with Crippen LogP contribution in [0.5, 0.6) is 0 Å². The molecule has 1 aliphatic heterocycles. The highest BCUT2D eigenvalue weighted by Gasteiger charge is 2.26. The highest BCUT2D eigenvalue weighted by Crippen LogP contribution is 2.25. The van der Waals surface area contributed by atoms with Crippen LogP contribution in [-0.2, 0) is 11.3 Å². The minimum absolute atomic E-state index is 0.0718. The van der Waals surface area contributed by atoms with Gasteiger partial charge >= 0.3 is 0 Å². The van der Waals surface area contributed by atoms with E-state index in [0.29, 0.717) is 28.8 Å². The van der Waals surface area contributed by atoms with E-state index in [9.17, 15) is 9.18 Å². The van der Waals surface area contributed by atoms with Crippen LogP contribution in [0.15, 0.2) is 42.5 Å². The van der Waals surface area contributed by atoms with Gasteiger partial charge in [0.25, 0.3) is 0 Å². The number of rotatable bonds is 4. The lowest BCUT2D eigenvalue weighted by Crippen LogP contribution is -2.40. The zero-order valence-electron chi connectivity index (χ0n) is 13.6. The van der Waals surface area contributed by atoms with E-state index in [0.717, 1.165) is 24.9 Å². The van der Waals surface area contributed by atoms with Crippen LogP contribution >= 0.6 is 23.2 Å². The van der Waals surface area contributed by atoms with E-state index in [2.05, 4.69) is 10.2 Å². The number of nitrogens with one attached hydrogen (secondary N) is 1. The standard InChI is InChI=1S/C19H19Cl2FN2O/c20-15-7-6-13(18(21)9-15)11-24-8-2-3-14(12-24)19(25)23-17-5-1-4-16(22)10-17/h1,4-7,9-10,14H,2-3,8,11-12H2,(H,23,25). The van der Waals surface area contributed by atoms with Gasteiger partial charge in [0, 0.05) is 28.8 Å². The van der Waals surface area contributed by atoms with Crippen molar-refractivity contribution in [2.75, 3.05) is 18.4 Å². The summed E-state index contributed by atoms with van der Waals surface area (Å²) in [5, 5.41) is 4.06. The molecule has 1 heterocycles. The predicted octanol–water partition coefficient (Wildman–Crippen LogP) is 4.98. The molecule has 1 atom stereocenters. The molecule has 6 heteroatoms. The molecule has 3 rings (SSSR count). The summed E-state index contributed by atoms with van der Waals surface area (Å²) < 4.78 is 13.2. The lowest BCUT2D eigenvalue weighted by atomic mass is 9.96. The minimum Gasteiger partial charge on any atom is -0.326 e. The maximum Gasteiger partial charge on any atom is 0.228 e. The minimum atomic E-state index is -0.361. The van der Waals surface area contributed by atoms with Crippen molar-refractivity contribution in [3.63, 3.8) is 0 Å². The zero-order valence-corrected chi connectivity index (χ0v) is 15.2. The summed E-state index contributed by atoms with van der Waals surface area (Å²) >= 11 is 12.2. The van der Waals surface area contributed by atoms with Crippen LogP contribution in [0.2, 0.25) is 10.0 Å². The van der Waals surface area contributed by atoms with Gasteiger partial charge in [-0.05, 0) is 55.3 Å². The maximum atomic E-state index is 13.2. The molecule has 3 nitrogen and oxygen atoms in total. The van der Waals surface area contributed by atoms with Gasteiger partial charge in [0.05, 0.1) is 5.92 Å². The molecule has 132 valence electrons. The quantitative estimate of drug-likeness (QED) is 0.810. The number of hydrogen-bond donors (Lipinski definition) is 1. The summed E-state index contributed by atoms with van der Waals surface area (Å²) in [6.07, 6.45) is 1.76. The Morgan fingerprint density at radius 2 is 2.08 bits per heavy atom. The van der Waals surface area contributed by atoms with E-state index < -0.39 is 0 Å². The molecule has 1 unspecified atom stereocenters. The second kappa shape index (κ2) is 8.17. The molecule has 1 N–H and O–H groups in total. The van der Waals surface area contributed by atoms with Crippen LogP contribution in [0.1, 0.15) is 18.4 Å². The molecule has 1 amide bonds. The van der Waals surface area contributed by atoms with E-state index in [-0.39, 0.29) is 17.6 Å². The Morgan fingerprint density at radius 3 is 2.84 bits per heavy atom. The van der Waals surface area contributed by atoms with Gasteiger partial charge in [-0.15, -0.1) is 0 Å². The van der Waals surface area contributed by atoms with Gasteiger partial charge in [0.1, 0.15) is 5.82 Å². The maximum absolute atomic E-state index is 13.2. The summed E-state index contributed by atoms with van der Waals surface area (Å²) in [5.41, 5.74) is 1.49. The average molecular weight is 381 g/mol. The van der Waals surface area contributed by atoms with Gasteiger partial charge in [-0.2, -0.15) is 0 Å². The third kappa shape index (κ3) is 4.94. The fourth-order valence-electron chi connectivity index (χ4n) is 3.11. The van der Waals surface area contributed by atoms with E-state index in [4.69, 9.17) is 23.2 Å².